The van der Waals surface area contributed by atoms with Crippen LogP contribution in [0.5, 0.6) is 5.75 Å². The number of aromatic nitrogens is 1. The number of aliphatic hydroxyl groups is 1. The molecule has 1 aromatic heterocycles. The van der Waals surface area contributed by atoms with Gasteiger partial charge < -0.3 is 34.4 Å². The Balaban J connectivity index is 1.38. The maximum absolute atomic E-state index is 13.6. The molecule has 1 amide bonds. The Kier molecular flexibility index (Phi) is 8.68. The van der Waals surface area contributed by atoms with Crippen LogP contribution in [0.2, 0.25) is 0 Å². The fourth-order valence-corrected chi connectivity index (χ4v) is 5.79. The number of alkyl halides is 1. The minimum Gasteiger partial charge on any atom is -0.459 e. The Hall–Kier alpha value is -2.76. The first-order valence-electron chi connectivity index (χ1n) is 13.7. The Morgan fingerprint density at radius 3 is 2.72 bits per heavy atom. The molecule has 39 heavy (non-hydrogen) atoms. The number of piperidine rings is 1. The fourth-order valence-electron chi connectivity index (χ4n) is 5.25. The zero-order valence-corrected chi connectivity index (χ0v) is 23.4. The normalized spacial score (nSPS) is 21.0. The molecular formula is C28H38FN5O4S. The number of nitrogens with one attached hydrogen (secondary N) is 2. The number of rotatable bonds is 10. The van der Waals surface area contributed by atoms with Crippen molar-refractivity contribution in [3.05, 3.63) is 35.9 Å². The largest absolute Gasteiger partial charge is 0.459 e. The van der Waals surface area contributed by atoms with Crippen molar-refractivity contribution in [2.45, 2.75) is 50.9 Å². The number of benzene rings is 1. The van der Waals surface area contributed by atoms with E-state index in [1.807, 2.05) is 36.9 Å². The molecule has 11 heteroatoms. The second kappa shape index (κ2) is 12.2. The van der Waals surface area contributed by atoms with Crippen molar-refractivity contribution in [3.63, 3.8) is 0 Å². The Morgan fingerprint density at radius 2 is 2.03 bits per heavy atom. The number of aliphatic hydroxyl groups excluding tert-OH is 1. The predicted octanol–water partition coefficient (Wildman–Crippen LogP) is 4.69. The van der Waals surface area contributed by atoms with Crippen molar-refractivity contribution >= 4 is 40.9 Å². The van der Waals surface area contributed by atoms with Gasteiger partial charge in [0.1, 0.15) is 5.82 Å². The van der Waals surface area contributed by atoms with Crippen LogP contribution >= 0.6 is 11.9 Å². The van der Waals surface area contributed by atoms with E-state index in [9.17, 15) is 14.3 Å². The molecule has 2 aliphatic heterocycles. The van der Waals surface area contributed by atoms with Crippen molar-refractivity contribution < 1.29 is 23.8 Å². The zero-order chi connectivity index (χ0) is 27.4. The van der Waals surface area contributed by atoms with Crippen LogP contribution in [0.4, 0.5) is 27.4 Å². The van der Waals surface area contributed by atoms with E-state index in [2.05, 4.69) is 19.9 Å². The van der Waals surface area contributed by atoms with Gasteiger partial charge in [-0.15, -0.1) is 0 Å². The number of hydrogen-bond donors (Lipinski definition) is 3. The van der Waals surface area contributed by atoms with Crippen molar-refractivity contribution in [3.8, 4) is 5.75 Å². The molecule has 2 saturated heterocycles. The molecular weight excluding hydrogens is 521 g/mol. The second-order valence-corrected chi connectivity index (χ2v) is 12.0. The van der Waals surface area contributed by atoms with Crippen molar-refractivity contribution in [1.82, 2.24) is 4.98 Å². The van der Waals surface area contributed by atoms with Gasteiger partial charge in [0.15, 0.2) is 11.6 Å². The summed E-state index contributed by atoms with van der Waals surface area (Å²) in [6.45, 7) is 6.58. The van der Waals surface area contributed by atoms with Crippen LogP contribution in [-0.4, -0.2) is 73.6 Å². The zero-order valence-electron chi connectivity index (χ0n) is 22.6. The summed E-state index contributed by atoms with van der Waals surface area (Å²) >= 11 is 1.45. The van der Waals surface area contributed by atoms with E-state index in [-0.39, 0.29) is 23.9 Å². The third-order valence-corrected chi connectivity index (χ3v) is 8.74. The Labute approximate surface area is 233 Å². The van der Waals surface area contributed by atoms with Gasteiger partial charge in [-0.3, -0.25) is 4.79 Å². The molecule has 2 aromatic rings. The highest BCUT2D eigenvalue weighted by Crippen LogP contribution is 2.54. The van der Waals surface area contributed by atoms with E-state index in [1.54, 1.807) is 12.1 Å². The van der Waals surface area contributed by atoms with Crippen molar-refractivity contribution in [2.75, 3.05) is 66.1 Å². The molecule has 212 valence electrons. The van der Waals surface area contributed by atoms with E-state index in [1.165, 1.54) is 24.8 Å². The fraction of sp³-hybridized carbons (Fsp3) is 0.571. The summed E-state index contributed by atoms with van der Waals surface area (Å²) in [7, 11) is 0. The molecule has 5 rings (SSSR count). The number of carbonyl (C=O) groups excluding carboxylic acids is 1. The highest BCUT2D eigenvalue weighted by molar-refractivity contribution is 8.01. The Bertz CT molecular complexity index is 1160. The molecule has 0 bridgehead atoms. The quantitative estimate of drug-likeness (QED) is 0.358. The maximum Gasteiger partial charge on any atom is 0.258 e. The van der Waals surface area contributed by atoms with E-state index < -0.39 is 6.86 Å². The van der Waals surface area contributed by atoms with Crippen LogP contribution in [0.25, 0.3) is 0 Å². The highest BCUT2D eigenvalue weighted by Gasteiger charge is 2.44. The van der Waals surface area contributed by atoms with Crippen molar-refractivity contribution in [1.29, 1.82) is 0 Å². The average molecular weight is 560 g/mol. The number of pyridine rings is 1. The third kappa shape index (κ3) is 6.70. The summed E-state index contributed by atoms with van der Waals surface area (Å²) in [5, 5.41) is 12.4. The first kappa shape index (κ1) is 27.8. The molecule has 0 radical (unpaired) electrons. The van der Waals surface area contributed by atoms with E-state index in [0.717, 1.165) is 37.3 Å². The number of carbonyl (C=O) groups is 1. The van der Waals surface area contributed by atoms with Crippen LogP contribution in [0.1, 0.15) is 49.9 Å². The Morgan fingerprint density at radius 1 is 1.23 bits per heavy atom. The van der Waals surface area contributed by atoms with Gasteiger partial charge >= 0.3 is 0 Å². The monoisotopic (exact) mass is 559 g/mol. The first-order valence-corrected chi connectivity index (χ1v) is 14.6. The van der Waals surface area contributed by atoms with Crippen LogP contribution in [0.15, 0.2) is 30.3 Å². The molecule has 3 N–H and O–H groups in total. The molecule has 0 unspecified atom stereocenters. The average Bonchev–Trinajstić information content (AvgIpc) is 3.71. The van der Waals surface area contributed by atoms with Crippen LogP contribution in [0, 0.1) is 5.41 Å². The standard InChI is InChI=1S/C28H38FN5O4S/c1-19-16-34(13-14-37-19)26-24(38-18-29)5-6-25(30-26)31-27(36)22-4-3-21(32-39-20(2)17-35)15-23(22)33-11-9-28(7-8-28)10-12-33/h3-6,15,19-20,32,35H,7-14,16-18H2,1-2H3,(H,30,31,36)/t19-,20-/m1/s1. The van der Waals surface area contributed by atoms with Gasteiger partial charge in [-0.05, 0) is 87.2 Å². The molecule has 9 nitrogen and oxygen atoms in total. The van der Waals surface area contributed by atoms with Gasteiger partial charge in [0, 0.05) is 37.1 Å². The minimum absolute atomic E-state index is 0.00422. The maximum atomic E-state index is 13.6. The molecule has 3 aliphatic rings. The molecule has 3 heterocycles. The smallest absolute Gasteiger partial charge is 0.258 e. The topological polar surface area (TPSA) is 99.2 Å². The number of morpholine rings is 1. The number of ether oxygens (including phenoxy) is 2. The molecule has 1 aromatic carbocycles. The van der Waals surface area contributed by atoms with E-state index >= 15 is 0 Å². The number of anilines is 4. The summed E-state index contributed by atoms with van der Waals surface area (Å²) < 4.78 is 27.2. The lowest BCUT2D eigenvalue weighted by Crippen LogP contribution is -2.41. The van der Waals surface area contributed by atoms with E-state index in [4.69, 9.17) is 9.47 Å². The first-order chi connectivity index (χ1) is 18.9. The SMILES string of the molecule is C[C@@H]1CN(c2nc(NC(=O)c3ccc(NS[C@H](C)CO)cc3N3CCC4(CC3)CC4)ccc2OCF)CCO1. The molecule has 1 aliphatic carbocycles. The van der Waals surface area contributed by atoms with Gasteiger partial charge in [-0.1, -0.05) is 0 Å². The lowest BCUT2D eigenvalue weighted by molar-refractivity contribution is 0.0526. The summed E-state index contributed by atoms with van der Waals surface area (Å²) in [4.78, 5) is 22.6. The third-order valence-electron chi connectivity index (χ3n) is 7.83. The van der Waals surface area contributed by atoms with Gasteiger partial charge in [0.25, 0.3) is 5.91 Å². The number of amides is 1. The van der Waals surface area contributed by atoms with Crippen molar-refractivity contribution in [2.24, 2.45) is 5.41 Å². The van der Waals surface area contributed by atoms with Crippen LogP contribution in [-0.2, 0) is 4.74 Å². The molecule has 2 atom stereocenters. The number of nitrogens with zero attached hydrogens (tertiary/aromatic N) is 3. The highest BCUT2D eigenvalue weighted by atomic mass is 32.2. The summed E-state index contributed by atoms with van der Waals surface area (Å²) in [5.41, 5.74) is 2.85. The summed E-state index contributed by atoms with van der Waals surface area (Å²) in [6, 6.07) is 9.02. The second-order valence-electron chi connectivity index (χ2n) is 10.8. The molecule has 1 spiro atoms. The molecule has 1 saturated carbocycles. The summed E-state index contributed by atoms with van der Waals surface area (Å²) in [5.74, 6) is 0.933. The minimum atomic E-state index is -0.962. The predicted molar refractivity (Wildman–Crippen MR) is 154 cm³/mol. The van der Waals surface area contributed by atoms with Crippen LogP contribution < -0.4 is 24.6 Å². The summed E-state index contributed by atoms with van der Waals surface area (Å²) in [6.07, 6.45) is 4.90. The van der Waals surface area contributed by atoms with Crippen LogP contribution in [0.3, 0.4) is 0 Å². The van der Waals surface area contributed by atoms with E-state index in [0.29, 0.717) is 48.1 Å². The van der Waals surface area contributed by atoms with Gasteiger partial charge in [-0.25, -0.2) is 9.37 Å². The molecule has 3 fully saturated rings. The lowest BCUT2D eigenvalue weighted by atomic mass is 9.93. The van der Waals surface area contributed by atoms with Gasteiger partial charge in [0.05, 0.1) is 30.6 Å². The number of hydrogen-bond acceptors (Lipinski definition) is 9. The van der Waals surface area contributed by atoms with Gasteiger partial charge in [-0.2, -0.15) is 0 Å². The lowest BCUT2D eigenvalue weighted by Gasteiger charge is -2.35. The van der Waals surface area contributed by atoms with Gasteiger partial charge in [0.2, 0.25) is 6.86 Å². The number of halogens is 1.